The van der Waals surface area contributed by atoms with Crippen LogP contribution in [0.25, 0.3) is 28.6 Å². The van der Waals surface area contributed by atoms with Crippen LogP contribution in [-0.2, 0) is 0 Å². The molecule has 0 radical (unpaired) electrons. The number of rotatable bonds is 7. The minimum absolute atomic E-state index is 0.416. The number of aliphatic hydroxyl groups is 1. The van der Waals surface area contributed by atoms with Gasteiger partial charge in [-0.05, 0) is 74.5 Å². The number of nitrogens with zero attached hydrogens (tertiary/aromatic N) is 3. The monoisotopic (exact) mass is 438 g/mol. The smallest absolute Gasteiger partial charge is 0.177 e. The van der Waals surface area contributed by atoms with E-state index in [1.54, 1.807) is 13.8 Å². The third-order valence-corrected chi connectivity index (χ3v) is 6.09. The highest BCUT2D eigenvalue weighted by Gasteiger charge is 2.27. The summed E-state index contributed by atoms with van der Waals surface area (Å²) in [4.78, 5) is 4.65. The van der Waals surface area contributed by atoms with E-state index in [9.17, 15) is 5.11 Å². The SMILES string of the molecule is C/C=C/c1cc(NCC(C)(C)O)c2ncc(-c3ccc(C4=CC=C=C(C5CC5)C4)cc3)n2n1. The standard InChI is InChI=1S/C28H30N4O/c1-4-6-24-16-25(30-18-28(2,3)33)27-29-17-26(32(27)31-24)21-13-11-20(12-14-21)23-8-5-7-22(15-23)19-9-10-19/h4-6,8,11-14,16-17,19,30,33H,9-10,15,18H2,1-3H3/b6-4+. The van der Waals surface area contributed by atoms with Crippen LogP contribution < -0.4 is 5.32 Å². The second-order valence-corrected chi connectivity index (χ2v) is 9.58. The van der Waals surface area contributed by atoms with Crippen molar-refractivity contribution in [3.8, 4) is 11.3 Å². The number of nitrogens with one attached hydrogen (secondary N) is 1. The third-order valence-electron chi connectivity index (χ3n) is 6.09. The van der Waals surface area contributed by atoms with E-state index >= 15 is 0 Å². The summed E-state index contributed by atoms with van der Waals surface area (Å²) in [5, 5.41) is 18.3. The molecule has 0 aliphatic heterocycles. The highest BCUT2D eigenvalue weighted by Crippen LogP contribution is 2.41. The van der Waals surface area contributed by atoms with Crippen molar-refractivity contribution in [3.63, 3.8) is 0 Å². The Morgan fingerprint density at radius 1 is 1.21 bits per heavy atom. The highest BCUT2D eigenvalue weighted by molar-refractivity contribution is 5.76. The quantitative estimate of drug-likeness (QED) is 0.452. The first kappa shape index (κ1) is 21.4. The Labute approximate surface area is 194 Å². The summed E-state index contributed by atoms with van der Waals surface area (Å²) < 4.78 is 1.88. The van der Waals surface area contributed by atoms with Gasteiger partial charge in [0.05, 0.1) is 28.9 Å². The van der Waals surface area contributed by atoms with Crippen LogP contribution in [0.1, 0.15) is 51.3 Å². The first-order valence-corrected chi connectivity index (χ1v) is 11.6. The Morgan fingerprint density at radius 3 is 2.67 bits per heavy atom. The van der Waals surface area contributed by atoms with Crippen LogP contribution in [0.4, 0.5) is 5.69 Å². The molecule has 2 aliphatic carbocycles. The van der Waals surface area contributed by atoms with Crippen LogP contribution in [0, 0.1) is 5.92 Å². The molecule has 168 valence electrons. The van der Waals surface area contributed by atoms with Gasteiger partial charge in [-0.15, -0.1) is 5.73 Å². The molecule has 5 heteroatoms. The van der Waals surface area contributed by atoms with E-state index in [0.717, 1.165) is 40.6 Å². The Balaban J connectivity index is 1.46. The number of anilines is 1. The lowest BCUT2D eigenvalue weighted by Gasteiger charge is -2.19. The zero-order chi connectivity index (χ0) is 23.0. The summed E-state index contributed by atoms with van der Waals surface area (Å²) in [7, 11) is 0. The molecule has 2 aliphatic rings. The molecular weight excluding hydrogens is 408 g/mol. The second kappa shape index (κ2) is 8.51. The fourth-order valence-electron chi connectivity index (χ4n) is 4.19. The number of fused-ring (bicyclic) bond motifs is 1. The van der Waals surface area contributed by atoms with E-state index in [1.165, 1.54) is 29.6 Å². The third kappa shape index (κ3) is 4.70. The highest BCUT2D eigenvalue weighted by atomic mass is 16.3. The average Bonchev–Trinajstić information content (AvgIpc) is 3.57. The topological polar surface area (TPSA) is 62.5 Å². The van der Waals surface area contributed by atoms with Crippen molar-refractivity contribution >= 4 is 23.0 Å². The molecule has 2 heterocycles. The Hall–Kier alpha value is -3.40. The van der Waals surface area contributed by atoms with E-state index in [4.69, 9.17) is 5.10 Å². The van der Waals surface area contributed by atoms with E-state index in [0.29, 0.717) is 6.54 Å². The molecule has 0 amide bonds. The van der Waals surface area contributed by atoms with Crippen molar-refractivity contribution < 1.29 is 5.11 Å². The van der Waals surface area contributed by atoms with E-state index < -0.39 is 5.60 Å². The molecule has 5 nitrogen and oxygen atoms in total. The number of benzene rings is 1. The Kier molecular flexibility index (Phi) is 5.53. The molecule has 1 saturated carbocycles. The summed E-state index contributed by atoms with van der Waals surface area (Å²) in [5.41, 5.74) is 11.1. The average molecular weight is 439 g/mol. The van der Waals surface area contributed by atoms with Gasteiger partial charge in [-0.25, -0.2) is 9.50 Å². The molecule has 1 aromatic carbocycles. The van der Waals surface area contributed by atoms with Crippen molar-refractivity contribution in [1.82, 2.24) is 14.6 Å². The molecule has 0 unspecified atom stereocenters. The largest absolute Gasteiger partial charge is 0.389 e. The molecule has 0 saturated heterocycles. The maximum absolute atomic E-state index is 10.2. The van der Waals surface area contributed by atoms with Crippen LogP contribution in [0.3, 0.4) is 0 Å². The van der Waals surface area contributed by atoms with Gasteiger partial charge >= 0.3 is 0 Å². The van der Waals surface area contributed by atoms with Gasteiger partial charge in [-0.1, -0.05) is 36.4 Å². The zero-order valence-electron chi connectivity index (χ0n) is 19.5. The van der Waals surface area contributed by atoms with Gasteiger partial charge < -0.3 is 10.4 Å². The lowest BCUT2D eigenvalue weighted by molar-refractivity contribution is 0.0945. The van der Waals surface area contributed by atoms with Gasteiger partial charge in [0.2, 0.25) is 0 Å². The van der Waals surface area contributed by atoms with Crippen LogP contribution in [0.15, 0.2) is 66.1 Å². The molecule has 0 bridgehead atoms. The van der Waals surface area contributed by atoms with Gasteiger partial charge in [0.15, 0.2) is 5.65 Å². The van der Waals surface area contributed by atoms with Gasteiger partial charge in [-0.2, -0.15) is 5.10 Å². The van der Waals surface area contributed by atoms with Crippen molar-refractivity contribution in [2.75, 3.05) is 11.9 Å². The van der Waals surface area contributed by atoms with Gasteiger partial charge in [0, 0.05) is 18.5 Å². The maximum Gasteiger partial charge on any atom is 0.177 e. The lowest BCUT2D eigenvalue weighted by atomic mass is 9.92. The van der Waals surface area contributed by atoms with Crippen molar-refractivity contribution in [2.24, 2.45) is 5.92 Å². The van der Waals surface area contributed by atoms with Crippen LogP contribution in [-0.4, -0.2) is 31.9 Å². The predicted octanol–water partition coefficient (Wildman–Crippen LogP) is 5.89. The van der Waals surface area contributed by atoms with Crippen LogP contribution in [0.2, 0.25) is 0 Å². The molecular formula is C28H30N4O. The normalized spacial score (nSPS) is 16.4. The number of allylic oxidation sites excluding steroid dienone is 4. The first-order chi connectivity index (χ1) is 15.9. The van der Waals surface area contributed by atoms with Crippen molar-refractivity contribution in [1.29, 1.82) is 0 Å². The van der Waals surface area contributed by atoms with Crippen molar-refractivity contribution in [2.45, 2.75) is 45.6 Å². The fourth-order valence-corrected chi connectivity index (χ4v) is 4.19. The van der Waals surface area contributed by atoms with Gasteiger partial charge in [0.1, 0.15) is 0 Å². The Bertz CT molecular complexity index is 1310. The van der Waals surface area contributed by atoms with Crippen molar-refractivity contribution in [3.05, 3.63) is 77.3 Å². The molecule has 5 rings (SSSR count). The summed E-state index contributed by atoms with van der Waals surface area (Å²) in [6.45, 7) is 5.96. The molecule has 33 heavy (non-hydrogen) atoms. The Morgan fingerprint density at radius 2 is 1.97 bits per heavy atom. The zero-order valence-corrected chi connectivity index (χ0v) is 19.5. The molecule has 2 N–H and O–H groups in total. The van der Waals surface area contributed by atoms with Crippen LogP contribution >= 0.6 is 0 Å². The summed E-state index contributed by atoms with van der Waals surface area (Å²) in [6, 6.07) is 10.6. The maximum atomic E-state index is 10.2. The van der Waals surface area contributed by atoms with Gasteiger partial charge in [-0.3, -0.25) is 0 Å². The predicted molar refractivity (Wildman–Crippen MR) is 135 cm³/mol. The van der Waals surface area contributed by atoms with E-state index in [-0.39, 0.29) is 0 Å². The molecule has 2 aromatic heterocycles. The number of imidazole rings is 1. The summed E-state index contributed by atoms with van der Waals surface area (Å²) >= 11 is 0. The second-order valence-electron chi connectivity index (χ2n) is 9.58. The fraction of sp³-hybridized carbons (Fsp3) is 0.321. The molecule has 1 fully saturated rings. The van der Waals surface area contributed by atoms with Crippen LogP contribution in [0.5, 0.6) is 0 Å². The van der Waals surface area contributed by atoms with E-state index in [2.05, 4.69) is 52.4 Å². The number of hydrogen-bond acceptors (Lipinski definition) is 4. The summed E-state index contributed by atoms with van der Waals surface area (Å²) in [5.74, 6) is 0.749. The molecule has 0 atom stereocenters. The van der Waals surface area contributed by atoms with Gasteiger partial charge in [0.25, 0.3) is 0 Å². The van der Waals surface area contributed by atoms with E-state index in [1.807, 2.05) is 35.9 Å². The first-order valence-electron chi connectivity index (χ1n) is 11.6. The number of aromatic nitrogens is 3. The lowest BCUT2D eigenvalue weighted by Crippen LogP contribution is -2.29. The molecule has 3 aromatic rings. The molecule has 0 spiro atoms. The summed E-state index contributed by atoms with van der Waals surface area (Å²) in [6.07, 6.45) is 13.7. The minimum Gasteiger partial charge on any atom is -0.389 e. The number of hydrogen-bond donors (Lipinski definition) is 2. The minimum atomic E-state index is -0.830.